The number of aliphatic hydroxyl groups excluding tert-OH is 2. The Morgan fingerprint density at radius 1 is 0.818 bits per heavy atom. The molecule has 0 aliphatic carbocycles. The van der Waals surface area contributed by atoms with E-state index in [9.17, 15) is 28.8 Å². The minimum Gasteiger partial charge on any atom is -0.481 e. The Morgan fingerprint density at radius 2 is 1.18 bits per heavy atom. The zero-order valence-corrected chi connectivity index (χ0v) is 17.6. The third kappa shape index (κ3) is 13.9. The molecule has 2 aliphatic heterocycles. The van der Waals surface area contributed by atoms with Crippen molar-refractivity contribution in [1.82, 2.24) is 0 Å². The topological polar surface area (TPSA) is 202 Å². The molecule has 180 valence electrons. The summed E-state index contributed by atoms with van der Waals surface area (Å²) < 4.78 is 8.33. The number of aliphatic hydroxyl groups is 2. The summed E-state index contributed by atoms with van der Waals surface area (Å²) in [5.41, 5.74) is 0.718. The summed E-state index contributed by atoms with van der Waals surface area (Å²) in [7, 11) is 0. The van der Waals surface area contributed by atoms with E-state index in [1.165, 1.54) is 6.92 Å². The lowest BCUT2D eigenvalue weighted by atomic mass is 10.1. The summed E-state index contributed by atoms with van der Waals surface area (Å²) in [5.74, 6) is -4.00. The number of cyclic esters (lactones) is 4. The summed E-state index contributed by atoms with van der Waals surface area (Å²) in [5, 5.41) is 32.3. The number of esters is 4. The van der Waals surface area contributed by atoms with Crippen molar-refractivity contribution < 1.29 is 58.7 Å². The van der Waals surface area contributed by atoms with Crippen LogP contribution in [0, 0.1) is 0 Å². The Morgan fingerprint density at radius 3 is 1.42 bits per heavy atom. The fourth-order valence-corrected chi connectivity index (χ4v) is 1.89. The van der Waals surface area contributed by atoms with Gasteiger partial charge in [0.25, 0.3) is 0 Å². The molecule has 0 fully saturated rings. The van der Waals surface area contributed by atoms with Crippen LogP contribution in [0.3, 0.4) is 0 Å². The van der Waals surface area contributed by atoms with E-state index in [2.05, 4.69) is 9.47 Å². The second kappa shape index (κ2) is 15.8. The molecule has 2 aliphatic rings. The second-order valence-corrected chi connectivity index (χ2v) is 6.32. The second-order valence-electron chi connectivity index (χ2n) is 6.32. The van der Waals surface area contributed by atoms with Crippen LogP contribution in [0.2, 0.25) is 0 Å². The quantitative estimate of drug-likeness (QED) is 0.259. The highest BCUT2D eigenvalue weighted by molar-refractivity contribution is 6.14. The first-order chi connectivity index (χ1) is 15.5. The Bertz CT molecular complexity index is 820. The van der Waals surface area contributed by atoms with Crippen LogP contribution in [0.25, 0.3) is 0 Å². The number of rotatable bonds is 6. The zero-order chi connectivity index (χ0) is 25.4. The molecule has 1 aromatic rings. The lowest BCUT2D eigenvalue weighted by molar-refractivity contribution is -0.150. The van der Waals surface area contributed by atoms with Gasteiger partial charge < -0.3 is 29.9 Å². The minimum atomic E-state index is -0.870. The number of hydrogen-bond donors (Lipinski definition) is 4. The molecule has 12 nitrogen and oxygen atoms in total. The first kappa shape index (κ1) is 29.1. The highest BCUT2D eigenvalue weighted by Crippen LogP contribution is 2.18. The molecule has 0 spiro atoms. The molecule has 33 heavy (non-hydrogen) atoms. The molecule has 12 heteroatoms. The Balaban J connectivity index is 0.000000432. The number of carbonyl (C=O) groups excluding carboxylic acids is 4. The number of carbonyl (C=O) groups is 6. The molecule has 0 amide bonds. The van der Waals surface area contributed by atoms with Gasteiger partial charge in [-0.25, -0.2) is 19.2 Å². The average Bonchev–Trinajstić information content (AvgIpc) is 3.27. The molecule has 0 saturated heterocycles. The standard InChI is InChI=1S/C8H4O3.C6H10O4.C4H2O3.C3H8O2/c9-7-5-3-1-2-4-6(5)8(10)11-7;7-5(8)3-1-2-4-6(9)10;5-3-1-2-4(6)7-3;1-3(5)2-4/h1-4H;1-4H2,(H,7,8)(H,9,10);1-2H;3-5H,2H2,1H3. The SMILES string of the molecule is CC(O)CO.O=C(O)CCCCC(=O)O.O=C1C=CC(=O)O1.O=C1OC(=O)c2ccccc21. The average molecular weight is 468 g/mol. The molecular formula is C21H24O12. The number of carboxylic acid groups (broad SMARTS) is 2. The number of ether oxygens (including phenoxy) is 2. The number of benzene rings is 1. The lowest BCUT2D eigenvalue weighted by Crippen LogP contribution is -2.03. The number of unbranched alkanes of at least 4 members (excludes halogenated alkanes) is 1. The third-order valence-corrected chi connectivity index (χ3v) is 3.40. The van der Waals surface area contributed by atoms with Crippen LogP contribution in [0.1, 0.15) is 53.3 Å². The monoisotopic (exact) mass is 468 g/mol. The van der Waals surface area contributed by atoms with Crippen LogP contribution in [0.5, 0.6) is 0 Å². The van der Waals surface area contributed by atoms with Gasteiger partial charge >= 0.3 is 35.8 Å². The number of carboxylic acids is 2. The van der Waals surface area contributed by atoms with Crippen LogP contribution in [0.4, 0.5) is 0 Å². The largest absolute Gasteiger partial charge is 0.481 e. The van der Waals surface area contributed by atoms with E-state index in [0.717, 1.165) is 12.2 Å². The number of aliphatic carboxylic acids is 2. The number of hydrogen-bond acceptors (Lipinski definition) is 10. The maximum absolute atomic E-state index is 10.8. The summed E-state index contributed by atoms with van der Waals surface area (Å²) in [6.07, 6.45) is 2.63. The number of fused-ring (bicyclic) bond motifs is 1. The lowest BCUT2D eigenvalue weighted by Gasteiger charge is -1.92. The van der Waals surface area contributed by atoms with E-state index in [1.807, 2.05) is 0 Å². The van der Waals surface area contributed by atoms with E-state index in [0.29, 0.717) is 24.0 Å². The molecule has 2 heterocycles. The van der Waals surface area contributed by atoms with Crippen LogP contribution < -0.4 is 0 Å². The maximum atomic E-state index is 10.8. The van der Waals surface area contributed by atoms with E-state index in [1.54, 1.807) is 24.3 Å². The maximum Gasteiger partial charge on any atom is 0.346 e. The van der Waals surface area contributed by atoms with Gasteiger partial charge in [0.05, 0.1) is 23.8 Å². The predicted molar refractivity (Wildman–Crippen MR) is 109 cm³/mol. The van der Waals surface area contributed by atoms with E-state index in [4.69, 9.17) is 20.4 Å². The zero-order valence-electron chi connectivity index (χ0n) is 17.6. The van der Waals surface area contributed by atoms with Crippen LogP contribution in [0.15, 0.2) is 36.4 Å². The van der Waals surface area contributed by atoms with Crippen LogP contribution >= 0.6 is 0 Å². The molecule has 0 saturated carbocycles. The van der Waals surface area contributed by atoms with Crippen molar-refractivity contribution in [2.75, 3.05) is 6.61 Å². The highest BCUT2D eigenvalue weighted by Gasteiger charge is 2.28. The first-order valence-corrected chi connectivity index (χ1v) is 9.49. The summed E-state index contributed by atoms with van der Waals surface area (Å²) in [6, 6.07) is 6.53. The van der Waals surface area contributed by atoms with E-state index in [-0.39, 0.29) is 19.4 Å². The predicted octanol–water partition coefficient (Wildman–Crippen LogP) is 0.699. The van der Waals surface area contributed by atoms with Gasteiger partial charge in [-0.3, -0.25) is 9.59 Å². The fraction of sp³-hybridized carbons (Fsp3) is 0.333. The normalized spacial score (nSPS) is 13.7. The van der Waals surface area contributed by atoms with Gasteiger partial charge in [0.1, 0.15) is 0 Å². The minimum absolute atomic E-state index is 0.0628. The summed E-state index contributed by atoms with van der Waals surface area (Å²) >= 11 is 0. The van der Waals surface area contributed by atoms with Crippen molar-refractivity contribution in [3.8, 4) is 0 Å². The molecule has 3 rings (SSSR count). The molecule has 4 N–H and O–H groups in total. The van der Waals surface area contributed by atoms with Crippen LogP contribution in [-0.4, -0.2) is 69.0 Å². The molecule has 1 aromatic carbocycles. The van der Waals surface area contributed by atoms with Crippen molar-refractivity contribution in [3.05, 3.63) is 47.5 Å². The van der Waals surface area contributed by atoms with Gasteiger partial charge in [-0.05, 0) is 31.9 Å². The van der Waals surface area contributed by atoms with Gasteiger partial charge in [-0.15, -0.1) is 0 Å². The van der Waals surface area contributed by atoms with Crippen molar-refractivity contribution in [1.29, 1.82) is 0 Å². The Kier molecular flexibility index (Phi) is 14.0. The molecular weight excluding hydrogens is 444 g/mol. The molecule has 0 aromatic heterocycles. The van der Waals surface area contributed by atoms with E-state index < -0.39 is 41.9 Å². The van der Waals surface area contributed by atoms with Gasteiger partial charge in [0, 0.05) is 25.0 Å². The van der Waals surface area contributed by atoms with Gasteiger partial charge in [0.15, 0.2) is 0 Å². The summed E-state index contributed by atoms with van der Waals surface area (Å²) in [6.45, 7) is 1.39. The van der Waals surface area contributed by atoms with Crippen molar-refractivity contribution in [2.45, 2.75) is 38.7 Å². The Hall–Kier alpha value is -3.90. The third-order valence-electron chi connectivity index (χ3n) is 3.40. The fourth-order valence-electron chi connectivity index (χ4n) is 1.89. The molecule has 0 bridgehead atoms. The van der Waals surface area contributed by atoms with Crippen molar-refractivity contribution in [3.63, 3.8) is 0 Å². The summed E-state index contributed by atoms with van der Waals surface area (Å²) in [4.78, 5) is 61.3. The van der Waals surface area contributed by atoms with Gasteiger partial charge in [-0.2, -0.15) is 0 Å². The van der Waals surface area contributed by atoms with Gasteiger partial charge in [0.2, 0.25) is 0 Å². The molecule has 0 radical (unpaired) electrons. The first-order valence-electron chi connectivity index (χ1n) is 9.49. The van der Waals surface area contributed by atoms with Crippen molar-refractivity contribution >= 4 is 35.8 Å². The van der Waals surface area contributed by atoms with E-state index >= 15 is 0 Å². The molecule has 1 unspecified atom stereocenters. The Labute approximate surface area is 188 Å². The molecule has 1 atom stereocenters. The smallest absolute Gasteiger partial charge is 0.346 e. The van der Waals surface area contributed by atoms with Crippen LogP contribution in [-0.2, 0) is 28.7 Å². The van der Waals surface area contributed by atoms with Crippen molar-refractivity contribution in [2.24, 2.45) is 0 Å². The van der Waals surface area contributed by atoms with Gasteiger partial charge in [-0.1, -0.05) is 12.1 Å². The highest BCUT2D eigenvalue weighted by atomic mass is 16.6.